The van der Waals surface area contributed by atoms with Gasteiger partial charge in [0.2, 0.25) is 5.91 Å². The molecule has 19 heavy (non-hydrogen) atoms. The van der Waals surface area contributed by atoms with E-state index in [9.17, 15) is 9.59 Å². The summed E-state index contributed by atoms with van der Waals surface area (Å²) in [4.78, 5) is 23.1. The third kappa shape index (κ3) is 4.20. The van der Waals surface area contributed by atoms with E-state index in [2.05, 4.69) is 5.32 Å². The molecule has 1 atom stereocenters. The van der Waals surface area contributed by atoms with Crippen LogP contribution in [-0.2, 0) is 14.3 Å². The number of ether oxygens (including phenoxy) is 1. The monoisotopic (exact) mass is 269 g/mol. The summed E-state index contributed by atoms with van der Waals surface area (Å²) in [6.45, 7) is 0.734. The number of rotatable bonds is 5. The molecule has 1 amide bonds. The fraction of sp³-hybridized carbons (Fsp3) is 0.857. The van der Waals surface area contributed by atoms with Crippen LogP contribution < -0.4 is 5.32 Å². The van der Waals surface area contributed by atoms with Crippen LogP contribution in [0, 0.1) is 0 Å². The van der Waals surface area contributed by atoms with E-state index in [-0.39, 0.29) is 18.4 Å². The summed E-state index contributed by atoms with van der Waals surface area (Å²) in [6, 6.07) is 0. The Kier molecular flexibility index (Phi) is 4.80. The number of aliphatic carboxylic acids is 1. The quantitative estimate of drug-likeness (QED) is 0.798. The number of hydrogen-bond acceptors (Lipinski definition) is 3. The van der Waals surface area contributed by atoms with E-state index in [0.717, 1.165) is 51.6 Å². The highest BCUT2D eigenvalue weighted by Crippen LogP contribution is 2.31. The van der Waals surface area contributed by atoms with Crippen molar-refractivity contribution in [2.45, 2.75) is 69.4 Å². The van der Waals surface area contributed by atoms with Gasteiger partial charge in [0.15, 0.2) is 0 Å². The molecule has 2 rings (SSSR count). The maximum absolute atomic E-state index is 12.1. The molecule has 2 fully saturated rings. The summed E-state index contributed by atoms with van der Waals surface area (Å²) in [6.07, 6.45) is 7.02. The predicted octanol–water partition coefficient (Wildman–Crippen LogP) is 1.85. The van der Waals surface area contributed by atoms with E-state index >= 15 is 0 Å². The van der Waals surface area contributed by atoms with E-state index in [4.69, 9.17) is 9.84 Å². The molecule has 2 N–H and O–H groups in total. The molecular weight excluding hydrogens is 246 g/mol. The van der Waals surface area contributed by atoms with Gasteiger partial charge >= 0.3 is 5.97 Å². The fourth-order valence-electron chi connectivity index (χ4n) is 3.22. The molecule has 0 radical (unpaired) electrons. The van der Waals surface area contributed by atoms with Crippen molar-refractivity contribution in [3.8, 4) is 0 Å². The lowest BCUT2D eigenvalue weighted by Crippen LogP contribution is -2.51. The van der Waals surface area contributed by atoms with Gasteiger partial charge in [-0.05, 0) is 25.7 Å². The molecule has 0 aromatic heterocycles. The van der Waals surface area contributed by atoms with Crippen molar-refractivity contribution < 1.29 is 19.4 Å². The van der Waals surface area contributed by atoms with Crippen LogP contribution in [0.3, 0.4) is 0 Å². The number of carbonyl (C=O) groups is 2. The Labute approximate surface area is 113 Å². The maximum Gasteiger partial charge on any atom is 0.305 e. The summed E-state index contributed by atoms with van der Waals surface area (Å²) in [5, 5.41) is 12.0. The van der Waals surface area contributed by atoms with Crippen molar-refractivity contribution in [1.29, 1.82) is 0 Å². The summed E-state index contributed by atoms with van der Waals surface area (Å²) >= 11 is 0. The minimum Gasteiger partial charge on any atom is -0.481 e. The van der Waals surface area contributed by atoms with Crippen molar-refractivity contribution in [3.63, 3.8) is 0 Å². The Morgan fingerprint density at radius 3 is 2.53 bits per heavy atom. The van der Waals surface area contributed by atoms with Crippen molar-refractivity contribution in [2.75, 3.05) is 6.61 Å². The Balaban J connectivity index is 1.90. The van der Waals surface area contributed by atoms with Gasteiger partial charge in [-0.3, -0.25) is 9.59 Å². The van der Waals surface area contributed by atoms with Gasteiger partial charge in [0.25, 0.3) is 0 Å². The molecule has 0 bridgehead atoms. The van der Waals surface area contributed by atoms with Gasteiger partial charge in [0.1, 0.15) is 0 Å². The molecule has 5 heteroatoms. The van der Waals surface area contributed by atoms with Gasteiger partial charge in [-0.1, -0.05) is 19.3 Å². The topological polar surface area (TPSA) is 75.6 Å². The number of carboxylic acid groups (broad SMARTS) is 1. The van der Waals surface area contributed by atoms with Crippen LogP contribution in [0.15, 0.2) is 0 Å². The van der Waals surface area contributed by atoms with Gasteiger partial charge in [-0.2, -0.15) is 0 Å². The van der Waals surface area contributed by atoms with Crippen LogP contribution in [0.25, 0.3) is 0 Å². The van der Waals surface area contributed by atoms with Crippen LogP contribution >= 0.6 is 0 Å². The van der Waals surface area contributed by atoms with Crippen LogP contribution in [0.4, 0.5) is 0 Å². The second-order valence-corrected chi connectivity index (χ2v) is 5.80. The average molecular weight is 269 g/mol. The molecule has 2 aliphatic rings. The first-order chi connectivity index (χ1) is 9.10. The van der Waals surface area contributed by atoms with Gasteiger partial charge in [0.05, 0.1) is 24.5 Å². The van der Waals surface area contributed by atoms with Crippen molar-refractivity contribution in [1.82, 2.24) is 5.32 Å². The zero-order valence-corrected chi connectivity index (χ0v) is 11.3. The Morgan fingerprint density at radius 1 is 1.21 bits per heavy atom. The number of amides is 1. The number of hydrogen-bond donors (Lipinski definition) is 2. The fourth-order valence-corrected chi connectivity index (χ4v) is 3.22. The Bertz CT molecular complexity index is 330. The van der Waals surface area contributed by atoms with E-state index in [0.29, 0.717) is 6.42 Å². The second-order valence-electron chi connectivity index (χ2n) is 5.80. The molecule has 108 valence electrons. The first-order valence-electron chi connectivity index (χ1n) is 7.24. The van der Waals surface area contributed by atoms with Gasteiger partial charge in [0, 0.05) is 6.61 Å². The third-order valence-electron chi connectivity index (χ3n) is 4.14. The zero-order valence-electron chi connectivity index (χ0n) is 11.3. The summed E-state index contributed by atoms with van der Waals surface area (Å²) < 4.78 is 5.45. The molecule has 0 aromatic carbocycles. The van der Waals surface area contributed by atoms with Crippen LogP contribution in [0.5, 0.6) is 0 Å². The molecule has 0 spiro atoms. The second kappa shape index (κ2) is 6.37. The molecule has 0 aromatic rings. The highest BCUT2D eigenvalue weighted by atomic mass is 16.5. The zero-order chi connectivity index (χ0) is 13.7. The van der Waals surface area contributed by atoms with Crippen molar-refractivity contribution in [2.24, 2.45) is 0 Å². The number of carboxylic acids is 1. The summed E-state index contributed by atoms with van der Waals surface area (Å²) in [5.41, 5.74) is -0.528. The van der Waals surface area contributed by atoms with Gasteiger partial charge in [-0.25, -0.2) is 0 Å². The smallest absolute Gasteiger partial charge is 0.305 e. The Hall–Kier alpha value is -1.10. The first-order valence-corrected chi connectivity index (χ1v) is 7.24. The van der Waals surface area contributed by atoms with E-state index in [1.54, 1.807) is 0 Å². The van der Waals surface area contributed by atoms with Crippen molar-refractivity contribution in [3.05, 3.63) is 0 Å². The molecule has 1 heterocycles. The number of nitrogens with one attached hydrogen (secondary N) is 1. The molecule has 1 aliphatic heterocycles. The Morgan fingerprint density at radius 2 is 1.95 bits per heavy atom. The number of carbonyl (C=O) groups excluding carboxylic acids is 1. The maximum atomic E-state index is 12.1. The third-order valence-corrected chi connectivity index (χ3v) is 4.14. The highest BCUT2D eigenvalue weighted by Gasteiger charge is 2.36. The molecule has 1 unspecified atom stereocenters. The van der Waals surface area contributed by atoms with E-state index in [1.807, 2.05) is 0 Å². The lowest BCUT2D eigenvalue weighted by atomic mass is 9.79. The molecule has 5 nitrogen and oxygen atoms in total. The summed E-state index contributed by atoms with van der Waals surface area (Å²) in [7, 11) is 0. The largest absolute Gasteiger partial charge is 0.481 e. The molecule has 1 saturated heterocycles. The van der Waals surface area contributed by atoms with Gasteiger partial charge in [-0.15, -0.1) is 0 Å². The van der Waals surface area contributed by atoms with Crippen LogP contribution in [-0.4, -0.2) is 35.2 Å². The van der Waals surface area contributed by atoms with E-state index in [1.165, 1.54) is 0 Å². The SMILES string of the molecule is O=C(O)CC1(NC(=O)CC2CCCO2)CCCCC1. The lowest BCUT2D eigenvalue weighted by Gasteiger charge is -2.37. The predicted molar refractivity (Wildman–Crippen MR) is 69.8 cm³/mol. The average Bonchev–Trinajstić information content (AvgIpc) is 2.81. The minimum atomic E-state index is -0.834. The first kappa shape index (κ1) is 14.3. The van der Waals surface area contributed by atoms with Crippen molar-refractivity contribution >= 4 is 11.9 Å². The lowest BCUT2D eigenvalue weighted by molar-refractivity contribution is -0.139. The minimum absolute atomic E-state index is 0.0190. The summed E-state index contributed by atoms with van der Waals surface area (Å²) in [5.74, 6) is -0.894. The van der Waals surface area contributed by atoms with Crippen LogP contribution in [0.1, 0.15) is 57.8 Å². The highest BCUT2D eigenvalue weighted by molar-refractivity contribution is 5.78. The van der Waals surface area contributed by atoms with Gasteiger partial charge < -0.3 is 15.2 Å². The van der Waals surface area contributed by atoms with E-state index < -0.39 is 11.5 Å². The molecule has 1 saturated carbocycles. The molecular formula is C14H23NO4. The normalized spacial score (nSPS) is 26.0. The van der Waals surface area contributed by atoms with Crippen LogP contribution in [0.2, 0.25) is 0 Å². The molecule has 1 aliphatic carbocycles. The standard InChI is InChI=1S/C14H23NO4/c16-12(9-11-5-4-8-19-11)15-14(10-13(17)18)6-2-1-3-7-14/h11H,1-10H2,(H,15,16)(H,17,18).